The summed E-state index contributed by atoms with van der Waals surface area (Å²) in [6.07, 6.45) is 6.42. The van der Waals surface area contributed by atoms with Crippen LogP contribution in [0.2, 0.25) is 0 Å². The topological polar surface area (TPSA) is 89.0 Å². The molecule has 1 aliphatic carbocycles. The number of sulfone groups is 1. The Hall–Kier alpha value is -1.23. The van der Waals surface area contributed by atoms with E-state index in [0.717, 1.165) is 30.9 Å². The van der Waals surface area contributed by atoms with Gasteiger partial charge in [-0.1, -0.05) is 25.3 Å². The third-order valence-corrected chi connectivity index (χ3v) is 7.97. The SMILES string of the molecule is CN=C(NCC1(c2ccc(OC)c(OC)c2)CCCCC1)NC1CCS(=O)(=O)C1.I. The minimum Gasteiger partial charge on any atom is -0.493 e. The van der Waals surface area contributed by atoms with Crippen molar-refractivity contribution >= 4 is 39.8 Å². The normalized spacial score (nSPS) is 22.6. The molecule has 9 heteroatoms. The second kappa shape index (κ2) is 10.9. The number of hydrogen-bond acceptors (Lipinski definition) is 5. The van der Waals surface area contributed by atoms with Crippen molar-refractivity contribution in [1.29, 1.82) is 0 Å². The van der Waals surface area contributed by atoms with Crippen LogP contribution in [0.5, 0.6) is 11.5 Å². The first-order valence-corrected chi connectivity index (χ1v) is 12.1. The number of aliphatic imine (C=N–C) groups is 1. The Bertz CT molecular complexity index is 839. The van der Waals surface area contributed by atoms with E-state index in [2.05, 4.69) is 27.8 Å². The fraction of sp³-hybridized carbons (Fsp3) is 0.667. The van der Waals surface area contributed by atoms with Crippen LogP contribution in [-0.2, 0) is 15.3 Å². The number of guanidine groups is 1. The van der Waals surface area contributed by atoms with Gasteiger partial charge in [0.05, 0.1) is 25.7 Å². The van der Waals surface area contributed by atoms with E-state index in [0.29, 0.717) is 12.4 Å². The third kappa shape index (κ3) is 5.93. The lowest BCUT2D eigenvalue weighted by atomic mass is 9.69. The van der Waals surface area contributed by atoms with Gasteiger partial charge in [-0.05, 0) is 37.0 Å². The molecular weight excluding hydrogens is 517 g/mol. The van der Waals surface area contributed by atoms with Crippen molar-refractivity contribution in [2.75, 3.05) is 39.3 Å². The molecule has 30 heavy (non-hydrogen) atoms. The average Bonchev–Trinajstić information content (AvgIpc) is 3.09. The molecule has 2 aliphatic rings. The minimum atomic E-state index is -2.93. The first-order valence-electron chi connectivity index (χ1n) is 10.3. The number of ether oxygens (including phenoxy) is 2. The minimum absolute atomic E-state index is 0. The molecule has 170 valence electrons. The molecule has 1 saturated carbocycles. The van der Waals surface area contributed by atoms with E-state index in [-0.39, 0.29) is 46.9 Å². The number of rotatable bonds is 6. The summed E-state index contributed by atoms with van der Waals surface area (Å²) in [5.41, 5.74) is 1.22. The largest absolute Gasteiger partial charge is 0.493 e. The summed E-state index contributed by atoms with van der Waals surface area (Å²) in [5.74, 6) is 2.56. The number of methoxy groups -OCH3 is 2. The lowest BCUT2D eigenvalue weighted by molar-refractivity contribution is 0.288. The molecule has 7 nitrogen and oxygen atoms in total. The van der Waals surface area contributed by atoms with E-state index in [1.807, 2.05) is 6.07 Å². The maximum atomic E-state index is 11.7. The van der Waals surface area contributed by atoms with Crippen molar-refractivity contribution in [2.24, 2.45) is 4.99 Å². The molecule has 0 amide bonds. The number of benzene rings is 1. The van der Waals surface area contributed by atoms with Crippen molar-refractivity contribution in [1.82, 2.24) is 10.6 Å². The van der Waals surface area contributed by atoms with Gasteiger partial charge < -0.3 is 20.1 Å². The Kier molecular flexibility index (Phi) is 9.08. The quantitative estimate of drug-likeness (QED) is 0.321. The van der Waals surface area contributed by atoms with Crippen LogP contribution in [0, 0.1) is 0 Å². The van der Waals surface area contributed by atoms with Gasteiger partial charge in [0.1, 0.15) is 0 Å². The lowest BCUT2D eigenvalue weighted by Gasteiger charge is -2.39. The van der Waals surface area contributed by atoms with Crippen molar-refractivity contribution in [3.63, 3.8) is 0 Å². The monoisotopic (exact) mass is 551 g/mol. The second-order valence-corrected chi connectivity index (χ2v) is 10.3. The molecule has 1 unspecified atom stereocenters. The zero-order valence-electron chi connectivity index (χ0n) is 18.1. The maximum Gasteiger partial charge on any atom is 0.191 e. The van der Waals surface area contributed by atoms with Crippen molar-refractivity contribution in [3.8, 4) is 11.5 Å². The molecule has 0 radical (unpaired) electrons. The van der Waals surface area contributed by atoms with Crippen LogP contribution in [0.1, 0.15) is 44.1 Å². The van der Waals surface area contributed by atoms with Gasteiger partial charge in [0.15, 0.2) is 27.3 Å². The smallest absolute Gasteiger partial charge is 0.191 e. The van der Waals surface area contributed by atoms with E-state index in [4.69, 9.17) is 9.47 Å². The van der Waals surface area contributed by atoms with Gasteiger partial charge in [-0.3, -0.25) is 4.99 Å². The molecule has 0 aromatic heterocycles. The molecule has 1 aromatic carbocycles. The van der Waals surface area contributed by atoms with Crippen LogP contribution >= 0.6 is 24.0 Å². The first kappa shape index (κ1) is 25.0. The summed E-state index contributed by atoms with van der Waals surface area (Å²) < 4.78 is 34.4. The highest BCUT2D eigenvalue weighted by molar-refractivity contribution is 14.0. The van der Waals surface area contributed by atoms with E-state index >= 15 is 0 Å². The van der Waals surface area contributed by atoms with Gasteiger partial charge in [0, 0.05) is 25.0 Å². The number of hydrogen-bond donors (Lipinski definition) is 2. The third-order valence-electron chi connectivity index (χ3n) is 6.20. The molecule has 2 fully saturated rings. The zero-order chi connectivity index (χ0) is 20.9. The van der Waals surface area contributed by atoms with Crippen LogP contribution in [0.4, 0.5) is 0 Å². The van der Waals surface area contributed by atoms with Crippen molar-refractivity contribution in [3.05, 3.63) is 23.8 Å². The molecule has 1 atom stereocenters. The summed E-state index contributed by atoms with van der Waals surface area (Å²) in [6, 6.07) is 6.12. The van der Waals surface area contributed by atoms with Crippen LogP contribution in [0.25, 0.3) is 0 Å². The van der Waals surface area contributed by atoms with E-state index in [9.17, 15) is 8.42 Å². The van der Waals surface area contributed by atoms with E-state index in [1.165, 1.54) is 24.8 Å². The van der Waals surface area contributed by atoms with Crippen LogP contribution < -0.4 is 20.1 Å². The van der Waals surface area contributed by atoms with Crippen molar-refractivity contribution in [2.45, 2.75) is 50.0 Å². The fourth-order valence-corrected chi connectivity index (χ4v) is 6.19. The summed E-state index contributed by atoms with van der Waals surface area (Å²) >= 11 is 0. The molecule has 0 bridgehead atoms. The number of nitrogens with zero attached hydrogens (tertiary/aromatic N) is 1. The first-order chi connectivity index (χ1) is 13.9. The van der Waals surface area contributed by atoms with Crippen LogP contribution in [0.3, 0.4) is 0 Å². The molecular formula is C21H34IN3O4S. The maximum absolute atomic E-state index is 11.7. The standard InChI is InChI=1S/C21H33N3O4S.HI/c1-22-20(24-17-9-12-29(25,26)14-17)23-15-21(10-5-4-6-11-21)16-7-8-18(27-2)19(13-16)28-3;/h7-8,13,17H,4-6,9-12,14-15H2,1-3H3,(H2,22,23,24);1H. The second-order valence-electron chi connectivity index (χ2n) is 8.08. The van der Waals surface area contributed by atoms with Gasteiger partial charge >= 0.3 is 0 Å². The van der Waals surface area contributed by atoms with Gasteiger partial charge in [-0.25, -0.2) is 8.42 Å². The Balaban J connectivity index is 0.00000320. The predicted molar refractivity (Wildman–Crippen MR) is 131 cm³/mol. The van der Waals surface area contributed by atoms with Gasteiger partial charge in [0.2, 0.25) is 0 Å². The molecule has 2 N–H and O–H groups in total. The van der Waals surface area contributed by atoms with Crippen LogP contribution in [-0.4, -0.2) is 59.7 Å². The zero-order valence-corrected chi connectivity index (χ0v) is 21.2. The summed E-state index contributed by atoms with van der Waals surface area (Å²) in [6.45, 7) is 0.738. The average molecular weight is 551 g/mol. The summed E-state index contributed by atoms with van der Waals surface area (Å²) in [7, 11) is 2.11. The highest BCUT2D eigenvalue weighted by atomic mass is 127. The highest BCUT2D eigenvalue weighted by Gasteiger charge is 2.35. The van der Waals surface area contributed by atoms with Gasteiger partial charge in [0.25, 0.3) is 0 Å². The van der Waals surface area contributed by atoms with E-state index in [1.54, 1.807) is 21.3 Å². The van der Waals surface area contributed by atoms with Gasteiger partial charge in [-0.15, -0.1) is 24.0 Å². The predicted octanol–water partition coefficient (Wildman–Crippen LogP) is 2.88. The highest BCUT2D eigenvalue weighted by Crippen LogP contribution is 2.42. The lowest BCUT2D eigenvalue weighted by Crippen LogP contribution is -2.49. The Morgan fingerprint density at radius 3 is 2.43 bits per heavy atom. The molecule has 3 rings (SSSR count). The summed E-state index contributed by atoms with van der Waals surface area (Å²) in [4.78, 5) is 4.32. The Morgan fingerprint density at radius 1 is 1.17 bits per heavy atom. The summed E-state index contributed by atoms with van der Waals surface area (Å²) in [5, 5.41) is 6.76. The molecule has 1 aliphatic heterocycles. The van der Waals surface area contributed by atoms with Gasteiger partial charge in [-0.2, -0.15) is 0 Å². The number of halogens is 1. The fourth-order valence-electron chi connectivity index (χ4n) is 4.51. The Labute approximate surface area is 197 Å². The molecule has 1 aromatic rings. The Morgan fingerprint density at radius 2 is 1.87 bits per heavy atom. The van der Waals surface area contributed by atoms with Crippen LogP contribution in [0.15, 0.2) is 23.2 Å². The molecule has 1 heterocycles. The number of nitrogens with one attached hydrogen (secondary N) is 2. The van der Waals surface area contributed by atoms with Crippen molar-refractivity contribution < 1.29 is 17.9 Å². The van der Waals surface area contributed by atoms with E-state index < -0.39 is 9.84 Å². The molecule has 0 spiro atoms. The molecule has 1 saturated heterocycles.